The van der Waals surface area contributed by atoms with Gasteiger partial charge in [-0.25, -0.2) is 4.79 Å². The van der Waals surface area contributed by atoms with E-state index in [0.717, 1.165) is 11.1 Å². The van der Waals surface area contributed by atoms with Crippen molar-refractivity contribution in [3.63, 3.8) is 0 Å². The van der Waals surface area contributed by atoms with Crippen molar-refractivity contribution >= 4 is 28.2 Å². The number of thiophene rings is 1. The van der Waals surface area contributed by atoms with Crippen molar-refractivity contribution in [2.75, 3.05) is 12.4 Å². The summed E-state index contributed by atoms with van der Waals surface area (Å²) in [7, 11) is 1.33. The lowest BCUT2D eigenvalue weighted by Gasteiger charge is -2.05. The average Bonchev–Trinajstić information content (AvgIpc) is 2.85. The van der Waals surface area contributed by atoms with Gasteiger partial charge in [0.15, 0.2) is 0 Å². The van der Waals surface area contributed by atoms with Crippen molar-refractivity contribution in [1.29, 1.82) is 0 Å². The maximum absolute atomic E-state index is 12.1. The molecule has 4 nitrogen and oxygen atoms in total. The molecule has 0 spiro atoms. The van der Waals surface area contributed by atoms with Gasteiger partial charge in [0.25, 0.3) is 5.91 Å². The number of carbonyl (C=O) groups excluding carboxylic acids is 2. The highest BCUT2D eigenvalue weighted by molar-refractivity contribution is 7.18. The van der Waals surface area contributed by atoms with E-state index in [4.69, 9.17) is 0 Å². The molecule has 1 aromatic heterocycles. The number of carbonyl (C=O) groups is 2. The van der Waals surface area contributed by atoms with Gasteiger partial charge in [-0.05, 0) is 38.1 Å². The quantitative estimate of drug-likeness (QED) is 0.881. The smallest absolute Gasteiger partial charge is 0.348 e. The molecule has 1 aromatic carbocycles. The van der Waals surface area contributed by atoms with Gasteiger partial charge in [-0.15, -0.1) is 11.3 Å². The fraction of sp³-hybridized carbons (Fsp3) is 0.200. The Morgan fingerprint density at radius 3 is 2.35 bits per heavy atom. The van der Waals surface area contributed by atoms with Crippen LogP contribution in [0.15, 0.2) is 30.3 Å². The third-order valence-corrected chi connectivity index (χ3v) is 3.69. The monoisotopic (exact) mass is 289 g/mol. The highest BCUT2D eigenvalue weighted by Crippen LogP contribution is 2.23. The van der Waals surface area contributed by atoms with E-state index >= 15 is 0 Å². The number of rotatable bonds is 3. The number of benzene rings is 1. The predicted molar refractivity (Wildman–Crippen MR) is 79.5 cm³/mol. The largest absolute Gasteiger partial charge is 0.465 e. The van der Waals surface area contributed by atoms with E-state index < -0.39 is 5.97 Å². The van der Waals surface area contributed by atoms with Gasteiger partial charge in [0, 0.05) is 5.56 Å². The van der Waals surface area contributed by atoms with E-state index in [1.54, 1.807) is 12.1 Å². The maximum Gasteiger partial charge on any atom is 0.348 e. The lowest BCUT2D eigenvalue weighted by Crippen LogP contribution is -2.11. The van der Waals surface area contributed by atoms with Crippen LogP contribution in [-0.2, 0) is 4.74 Å². The number of esters is 1. The van der Waals surface area contributed by atoms with Gasteiger partial charge >= 0.3 is 5.97 Å². The van der Waals surface area contributed by atoms with Crippen LogP contribution >= 0.6 is 11.3 Å². The Hall–Kier alpha value is -2.14. The van der Waals surface area contributed by atoms with E-state index in [2.05, 4.69) is 10.1 Å². The summed E-state index contributed by atoms with van der Waals surface area (Å²) in [5, 5.41) is 3.40. The molecule has 0 saturated heterocycles. The third-order valence-electron chi connectivity index (χ3n) is 2.71. The molecule has 20 heavy (non-hydrogen) atoms. The van der Waals surface area contributed by atoms with Crippen LogP contribution in [0.4, 0.5) is 5.00 Å². The van der Waals surface area contributed by atoms with Crippen LogP contribution in [0.25, 0.3) is 0 Å². The lowest BCUT2D eigenvalue weighted by molar-refractivity contribution is 0.0606. The van der Waals surface area contributed by atoms with E-state index in [-0.39, 0.29) is 5.91 Å². The molecule has 0 bridgehead atoms. The molecule has 0 unspecified atom stereocenters. The summed E-state index contributed by atoms with van der Waals surface area (Å²) in [6, 6.07) is 9.00. The summed E-state index contributed by atoms with van der Waals surface area (Å²) in [5.74, 6) is -0.586. The van der Waals surface area contributed by atoms with E-state index in [0.29, 0.717) is 15.4 Å². The second-order valence-corrected chi connectivity index (χ2v) is 5.57. The van der Waals surface area contributed by atoms with Gasteiger partial charge in [-0.1, -0.05) is 17.2 Å². The topological polar surface area (TPSA) is 55.4 Å². The summed E-state index contributed by atoms with van der Waals surface area (Å²) in [6.07, 6.45) is 0. The van der Waals surface area contributed by atoms with Crippen molar-refractivity contribution in [1.82, 2.24) is 0 Å². The van der Waals surface area contributed by atoms with Crippen molar-refractivity contribution < 1.29 is 14.3 Å². The van der Waals surface area contributed by atoms with E-state index in [1.165, 1.54) is 18.4 Å². The minimum atomic E-state index is -0.401. The first-order valence-corrected chi connectivity index (χ1v) is 6.89. The second kappa shape index (κ2) is 5.88. The first kappa shape index (κ1) is 14.3. The Morgan fingerprint density at radius 1 is 1.10 bits per heavy atom. The molecule has 1 heterocycles. The first-order valence-electron chi connectivity index (χ1n) is 6.07. The highest BCUT2D eigenvalue weighted by Gasteiger charge is 2.12. The fourth-order valence-electron chi connectivity index (χ4n) is 1.91. The molecule has 0 radical (unpaired) electrons. The molecule has 2 aromatic rings. The molecule has 1 amide bonds. The molecule has 0 aliphatic carbocycles. The molecule has 1 N–H and O–H groups in total. The van der Waals surface area contributed by atoms with Crippen LogP contribution in [0.1, 0.15) is 31.2 Å². The molecule has 0 saturated carbocycles. The molecule has 5 heteroatoms. The molecular weight excluding hydrogens is 274 g/mol. The van der Waals surface area contributed by atoms with Gasteiger partial charge < -0.3 is 10.1 Å². The number of ether oxygens (including phenoxy) is 1. The SMILES string of the molecule is COC(=O)c1ccc(NC(=O)c2cc(C)cc(C)c2)s1. The predicted octanol–water partition coefficient (Wildman–Crippen LogP) is 3.40. The first-order chi connectivity index (χ1) is 9.49. The number of methoxy groups -OCH3 is 1. The lowest BCUT2D eigenvalue weighted by atomic mass is 10.1. The van der Waals surface area contributed by atoms with Crippen LogP contribution in [0, 0.1) is 13.8 Å². The van der Waals surface area contributed by atoms with Crippen LogP contribution in [0.2, 0.25) is 0 Å². The van der Waals surface area contributed by atoms with Crippen LogP contribution in [0.5, 0.6) is 0 Å². The molecule has 0 fully saturated rings. The van der Waals surface area contributed by atoms with Crippen LogP contribution < -0.4 is 5.32 Å². The van der Waals surface area contributed by atoms with Gasteiger partial charge in [0.2, 0.25) is 0 Å². The number of aryl methyl sites for hydroxylation is 2. The Kier molecular flexibility index (Phi) is 4.20. The zero-order valence-electron chi connectivity index (χ0n) is 11.5. The molecule has 0 atom stereocenters. The van der Waals surface area contributed by atoms with Crippen LogP contribution in [0.3, 0.4) is 0 Å². The molecule has 0 aliphatic heterocycles. The zero-order valence-corrected chi connectivity index (χ0v) is 12.3. The third kappa shape index (κ3) is 3.24. The Morgan fingerprint density at radius 2 is 1.75 bits per heavy atom. The normalized spacial score (nSPS) is 10.2. The minimum Gasteiger partial charge on any atom is -0.465 e. The summed E-state index contributed by atoms with van der Waals surface area (Å²) in [4.78, 5) is 24.0. The molecular formula is C15H15NO3S. The van der Waals surface area contributed by atoms with Gasteiger partial charge in [-0.3, -0.25) is 4.79 Å². The zero-order chi connectivity index (χ0) is 14.7. The maximum atomic E-state index is 12.1. The van der Waals surface area contributed by atoms with Crippen molar-refractivity contribution in [3.8, 4) is 0 Å². The summed E-state index contributed by atoms with van der Waals surface area (Å²) < 4.78 is 4.63. The van der Waals surface area contributed by atoms with E-state index in [9.17, 15) is 9.59 Å². The average molecular weight is 289 g/mol. The van der Waals surface area contributed by atoms with Gasteiger partial charge in [-0.2, -0.15) is 0 Å². The highest BCUT2D eigenvalue weighted by atomic mass is 32.1. The summed E-state index contributed by atoms with van der Waals surface area (Å²) in [6.45, 7) is 3.90. The van der Waals surface area contributed by atoms with Crippen molar-refractivity contribution in [2.45, 2.75) is 13.8 Å². The molecule has 2 rings (SSSR count). The molecule has 104 valence electrons. The molecule has 0 aliphatic rings. The summed E-state index contributed by atoms with van der Waals surface area (Å²) >= 11 is 1.19. The Bertz CT molecular complexity index is 641. The van der Waals surface area contributed by atoms with Crippen molar-refractivity contribution in [2.24, 2.45) is 0 Å². The number of hydrogen-bond donors (Lipinski definition) is 1. The number of nitrogens with one attached hydrogen (secondary N) is 1. The second-order valence-electron chi connectivity index (χ2n) is 4.49. The minimum absolute atomic E-state index is 0.185. The van der Waals surface area contributed by atoms with E-state index in [1.807, 2.05) is 32.0 Å². The number of amides is 1. The fourth-order valence-corrected chi connectivity index (χ4v) is 2.72. The Balaban J connectivity index is 2.15. The number of hydrogen-bond acceptors (Lipinski definition) is 4. The summed E-state index contributed by atoms with van der Waals surface area (Å²) in [5.41, 5.74) is 2.68. The van der Waals surface area contributed by atoms with Crippen molar-refractivity contribution in [3.05, 3.63) is 51.9 Å². The Labute approximate surface area is 121 Å². The standard InChI is InChI=1S/C15H15NO3S/c1-9-6-10(2)8-11(7-9)14(17)16-13-5-4-12(20-13)15(18)19-3/h4-8H,1-3H3,(H,16,17). The van der Waals surface area contributed by atoms with Gasteiger partial charge in [0.05, 0.1) is 12.1 Å². The van der Waals surface area contributed by atoms with Crippen LogP contribution in [-0.4, -0.2) is 19.0 Å². The van der Waals surface area contributed by atoms with Gasteiger partial charge in [0.1, 0.15) is 4.88 Å². The number of anilines is 1.